The highest BCUT2D eigenvalue weighted by molar-refractivity contribution is 9.10. The van der Waals surface area contributed by atoms with Crippen LogP contribution in [0.5, 0.6) is 11.5 Å². The number of hydrogen-bond donors (Lipinski definition) is 0. The maximum Gasteiger partial charge on any atom is 0.282 e. The number of aromatic nitrogens is 2. The highest BCUT2D eigenvalue weighted by atomic mass is 79.9. The number of nitriles is 1. The van der Waals surface area contributed by atoms with Crippen molar-refractivity contribution in [3.05, 3.63) is 121 Å². The van der Waals surface area contributed by atoms with Crippen LogP contribution in [0.3, 0.4) is 0 Å². The molecule has 0 bridgehead atoms. The number of halogens is 2. The lowest BCUT2D eigenvalue weighted by Crippen LogP contribution is -2.20. The van der Waals surface area contributed by atoms with E-state index in [4.69, 9.17) is 30.5 Å². The van der Waals surface area contributed by atoms with Gasteiger partial charge in [0.25, 0.3) is 5.56 Å². The summed E-state index contributed by atoms with van der Waals surface area (Å²) in [7, 11) is 1.53. The number of furan rings is 1. The van der Waals surface area contributed by atoms with Crippen molar-refractivity contribution in [2.45, 2.75) is 6.61 Å². The van der Waals surface area contributed by atoms with Crippen molar-refractivity contribution < 1.29 is 13.9 Å². The van der Waals surface area contributed by atoms with Crippen LogP contribution in [-0.4, -0.2) is 23.0 Å². The summed E-state index contributed by atoms with van der Waals surface area (Å²) >= 11 is 9.69. The van der Waals surface area contributed by atoms with Crippen LogP contribution in [0.25, 0.3) is 33.5 Å². The van der Waals surface area contributed by atoms with Crippen molar-refractivity contribution >= 4 is 55.6 Å². The van der Waals surface area contributed by atoms with Crippen LogP contribution in [0.2, 0.25) is 5.02 Å². The summed E-state index contributed by atoms with van der Waals surface area (Å²) in [5.74, 6) is 1.40. The molecule has 0 aliphatic heterocycles. The Kier molecular flexibility index (Phi) is 7.48. The lowest BCUT2D eigenvalue weighted by Gasteiger charge is -2.15. The predicted octanol–water partition coefficient (Wildman–Crippen LogP) is 7.57. The van der Waals surface area contributed by atoms with Crippen molar-refractivity contribution in [2.24, 2.45) is 5.10 Å². The topological polar surface area (TPSA) is 103 Å². The lowest BCUT2D eigenvalue weighted by molar-refractivity contribution is 0.283. The Bertz CT molecular complexity index is 2110. The first-order valence-corrected chi connectivity index (χ1v) is 13.9. The molecule has 0 fully saturated rings. The summed E-state index contributed by atoms with van der Waals surface area (Å²) in [6, 6.07) is 27.0. The third kappa shape index (κ3) is 5.26. The molecule has 0 saturated carbocycles. The van der Waals surface area contributed by atoms with E-state index < -0.39 is 0 Å². The molecular weight excluding hydrogens is 620 g/mol. The maximum absolute atomic E-state index is 13.7. The van der Waals surface area contributed by atoms with Gasteiger partial charge in [-0.1, -0.05) is 57.9 Å². The van der Waals surface area contributed by atoms with Crippen LogP contribution in [0, 0.1) is 11.3 Å². The van der Waals surface area contributed by atoms with Gasteiger partial charge in [-0.05, 0) is 54.6 Å². The smallest absolute Gasteiger partial charge is 0.282 e. The van der Waals surface area contributed by atoms with Gasteiger partial charge in [-0.25, -0.2) is 4.98 Å². The third-order valence-corrected chi connectivity index (χ3v) is 7.24. The van der Waals surface area contributed by atoms with E-state index in [2.05, 4.69) is 27.1 Å². The summed E-state index contributed by atoms with van der Waals surface area (Å²) < 4.78 is 19.7. The summed E-state index contributed by atoms with van der Waals surface area (Å²) in [5, 5.41) is 15.8. The molecule has 0 radical (unpaired) electrons. The Morgan fingerprint density at radius 2 is 1.90 bits per heavy atom. The van der Waals surface area contributed by atoms with E-state index in [-0.39, 0.29) is 18.0 Å². The van der Waals surface area contributed by atoms with E-state index in [1.807, 2.05) is 18.2 Å². The number of rotatable bonds is 7. The molecule has 0 amide bonds. The van der Waals surface area contributed by atoms with Gasteiger partial charge in [0, 0.05) is 26.0 Å². The van der Waals surface area contributed by atoms with Gasteiger partial charge in [0.05, 0.1) is 35.9 Å². The molecule has 2 heterocycles. The van der Waals surface area contributed by atoms with Crippen LogP contribution in [0.1, 0.15) is 16.7 Å². The second-order valence-electron chi connectivity index (χ2n) is 9.19. The first-order valence-electron chi connectivity index (χ1n) is 12.7. The van der Waals surface area contributed by atoms with Gasteiger partial charge in [0.1, 0.15) is 12.2 Å². The molecular formula is C32H20BrClN4O4. The highest BCUT2D eigenvalue weighted by Crippen LogP contribution is 2.35. The first-order chi connectivity index (χ1) is 20.4. The number of benzene rings is 4. The van der Waals surface area contributed by atoms with E-state index in [1.165, 1.54) is 18.0 Å². The fourth-order valence-corrected chi connectivity index (χ4v) is 5.17. The largest absolute Gasteiger partial charge is 0.493 e. The van der Waals surface area contributed by atoms with Crippen LogP contribution < -0.4 is 15.0 Å². The van der Waals surface area contributed by atoms with Crippen molar-refractivity contribution in [3.63, 3.8) is 0 Å². The third-order valence-electron chi connectivity index (χ3n) is 6.54. The van der Waals surface area contributed by atoms with Crippen LogP contribution in [-0.2, 0) is 6.61 Å². The van der Waals surface area contributed by atoms with Crippen molar-refractivity contribution in [1.29, 1.82) is 5.26 Å². The zero-order chi connectivity index (χ0) is 29.2. The fraction of sp³-hybridized carbons (Fsp3) is 0.0625. The molecule has 8 nitrogen and oxygen atoms in total. The molecule has 6 aromatic rings. The second-order valence-corrected chi connectivity index (χ2v) is 10.5. The van der Waals surface area contributed by atoms with Crippen LogP contribution in [0.15, 0.2) is 104 Å². The Balaban J connectivity index is 1.48. The van der Waals surface area contributed by atoms with Gasteiger partial charge in [-0.2, -0.15) is 15.0 Å². The quantitative estimate of drug-likeness (QED) is 0.167. The Morgan fingerprint density at radius 1 is 1.10 bits per heavy atom. The van der Waals surface area contributed by atoms with Crippen LogP contribution in [0.4, 0.5) is 0 Å². The predicted molar refractivity (Wildman–Crippen MR) is 165 cm³/mol. The molecule has 0 aliphatic carbocycles. The monoisotopic (exact) mass is 638 g/mol. The Morgan fingerprint density at radius 3 is 2.74 bits per heavy atom. The number of fused-ring (bicyclic) bond motifs is 2. The number of nitrogens with zero attached hydrogens (tertiary/aromatic N) is 4. The molecule has 4 aromatic carbocycles. The minimum atomic E-state index is -0.377. The van der Waals surface area contributed by atoms with E-state index in [1.54, 1.807) is 66.7 Å². The van der Waals surface area contributed by atoms with E-state index >= 15 is 0 Å². The normalized spacial score (nSPS) is 11.3. The summed E-state index contributed by atoms with van der Waals surface area (Å²) in [4.78, 5) is 18.5. The molecule has 0 spiro atoms. The molecule has 0 atom stereocenters. The van der Waals surface area contributed by atoms with E-state index in [0.717, 1.165) is 10.9 Å². The average molecular weight is 640 g/mol. The first kappa shape index (κ1) is 27.3. The minimum Gasteiger partial charge on any atom is -0.493 e. The van der Waals surface area contributed by atoms with Crippen molar-refractivity contribution in [1.82, 2.24) is 9.66 Å². The molecule has 0 unspecified atom stereocenters. The van der Waals surface area contributed by atoms with Gasteiger partial charge >= 0.3 is 0 Å². The molecule has 2 aromatic heterocycles. The zero-order valence-corrected chi connectivity index (χ0v) is 24.4. The molecule has 6 rings (SSSR count). The van der Waals surface area contributed by atoms with Gasteiger partial charge < -0.3 is 13.9 Å². The Labute approximate surface area is 253 Å². The number of methoxy groups -OCH3 is 1. The van der Waals surface area contributed by atoms with Gasteiger partial charge in [0.2, 0.25) is 5.82 Å². The molecule has 0 N–H and O–H groups in total. The maximum atomic E-state index is 13.7. The zero-order valence-electron chi connectivity index (χ0n) is 22.0. The van der Waals surface area contributed by atoms with Crippen molar-refractivity contribution in [3.8, 4) is 29.2 Å². The van der Waals surface area contributed by atoms with Gasteiger partial charge in [-0.15, -0.1) is 0 Å². The lowest BCUT2D eigenvalue weighted by atomic mass is 10.1. The molecule has 10 heteroatoms. The van der Waals surface area contributed by atoms with Crippen molar-refractivity contribution in [2.75, 3.05) is 7.11 Å². The summed E-state index contributed by atoms with van der Waals surface area (Å²) in [6.45, 7) is 0.118. The molecule has 206 valence electrons. The van der Waals surface area contributed by atoms with E-state index in [9.17, 15) is 10.1 Å². The number of ether oxygens (including phenoxy) is 2. The van der Waals surface area contributed by atoms with Crippen LogP contribution >= 0.6 is 27.5 Å². The minimum absolute atomic E-state index is 0.118. The summed E-state index contributed by atoms with van der Waals surface area (Å²) in [5.41, 5.74) is 2.48. The SMILES string of the molecule is COc1cc(Br)cc(C=Nn2c(-c3cc4cc(Cl)ccc4o3)nc3ccccc3c2=O)c1OCc1ccccc1C#N. The van der Waals surface area contributed by atoms with E-state index in [0.29, 0.717) is 54.4 Å². The second kappa shape index (κ2) is 11.5. The van der Waals surface area contributed by atoms with Gasteiger partial charge in [0.15, 0.2) is 17.3 Å². The number of hydrogen-bond acceptors (Lipinski definition) is 7. The molecule has 0 saturated heterocycles. The highest BCUT2D eigenvalue weighted by Gasteiger charge is 2.18. The fourth-order valence-electron chi connectivity index (χ4n) is 4.53. The Hall–Kier alpha value is -4.91. The van der Waals surface area contributed by atoms with Gasteiger partial charge in [-0.3, -0.25) is 4.79 Å². The number of para-hydroxylation sites is 1. The molecule has 42 heavy (non-hydrogen) atoms. The molecule has 0 aliphatic rings. The standard InChI is InChI=1S/C32H20BrClN4O4/c1-40-28-15-23(33)12-22(30(28)41-18-20-7-3-2-6-19(20)16-35)17-36-38-31(37-26-9-5-4-8-25(26)32(38)39)29-14-21-13-24(34)10-11-27(21)42-29/h2-15,17H,18H2,1H3. The summed E-state index contributed by atoms with van der Waals surface area (Å²) in [6.07, 6.45) is 1.50. The average Bonchev–Trinajstić information content (AvgIpc) is 3.43.